The number of pyridine rings is 1. The Labute approximate surface area is 191 Å². The van der Waals surface area contributed by atoms with Gasteiger partial charge in [0.15, 0.2) is 11.5 Å². The Kier molecular flexibility index (Phi) is 5.68. The van der Waals surface area contributed by atoms with Crippen LogP contribution in [-0.4, -0.2) is 58.9 Å². The second-order valence-corrected chi connectivity index (χ2v) is 8.27. The molecule has 1 saturated heterocycles. The Morgan fingerprint density at radius 3 is 2.61 bits per heavy atom. The molecule has 0 aliphatic carbocycles. The Hall–Kier alpha value is -3.88. The molecule has 2 aromatic heterocycles. The van der Waals surface area contributed by atoms with E-state index in [1.54, 1.807) is 18.3 Å². The van der Waals surface area contributed by atoms with Crippen molar-refractivity contribution in [1.82, 2.24) is 20.0 Å². The maximum atomic E-state index is 12.6. The summed E-state index contributed by atoms with van der Waals surface area (Å²) in [6.45, 7) is 6.96. The van der Waals surface area contributed by atoms with E-state index in [-0.39, 0.29) is 18.6 Å². The van der Waals surface area contributed by atoms with Gasteiger partial charge in [-0.1, -0.05) is 25.1 Å². The van der Waals surface area contributed by atoms with Gasteiger partial charge in [0.25, 0.3) is 0 Å². The molecule has 33 heavy (non-hydrogen) atoms. The monoisotopic (exact) mass is 447 g/mol. The quantitative estimate of drug-likeness (QED) is 0.550. The van der Waals surface area contributed by atoms with Gasteiger partial charge in [0.1, 0.15) is 5.82 Å². The molecule has 1 fully saturated rings. The lowest BCUT2D eigenvalue weighted by Crippen LogP contribution is -2.48. The van der Waals surface area contributed by atoms with Gasteiger partial charge in [0.05, 0.1) is 0 Å². The van der Waals surface area contributed by atoms with Crippen molar-refractivity contribution in [3.05, 3.63) is 54.1 Å². The number of fused-ring (bicyclic) bond motifs is 1. The molecule has 0 saturated carbocycles. The highest BCUT2D eigenvalue weighted by Gasteiger charge is 2.21. The van der Waals surface area contributed by atoms with Gasteiger partial charge in [0, 0.05) is 49.9 Å². The van der Waals surface area contributed by atoms with Gasteiger partial charge in [-0.25, -0.2) is 4.98 Å². The predicted octanol–water partition coefficient (Wildman–Crippen LogP) is 3.35. The maximum Gasteiger partial charge on any atom is 0.246 e. The van der Waals surface area contributed by atoms with Crippen LogP contribution in [-0.2, 0) is 4.79 Å². The minimum absolute atomic E-state index is 0.00585. The number of nitrogens with zero attached hydrogens (tertiary/aromatic N) is 5. The number of benzene rings is 1. The molecule has 0 bridgehead atoms. The zero-order valence-corrected chi connectivity index (χ0v) is 18.6. The smallest absolute Gasteiger partial charge is 0.246 e. The molecule has 3 aromatic rings. The van der Waals surface area contributed by atoms with Gasteiger partial charge < -0.3 is 23.8 Å². The standard InChI is InChI=1S/C24H25N5O4/c1-16(2)24-26-23(27-33-24)18-5-7-21(25-14-18)28-9-11-29(12-10-28)22(30)8-4-17-3-6-19-20(13-17)32-15-31-19/h3-8,13-14,16H,9-12,15H2,1-2H3/b8-4+. The van der Waals surface area contributed by atoms with Crippen LogP contribution in [0.2, 0.25) is 0 Å². The SMILES string of the molecule is CC(C)c1nc(-c2ccc(N3CCN(C(=O)/C=C/c4ccc5c(c4)OCO5)CC3)nc2)no1. The summed E-state index contributed by atoms with van der Waals surface area (Å²) >= 11 is 0. The van der Waals surface area contributed by atoms with Gasteiger partial charge >= 0.3 is 0 Å². The molecule has 1 aromatic carbocycles. The van der Waals surface area contributed by atoms with E-state index in [1.807, 2.05) is 49.1 Å². The van der Waals surface area contributed by atoms with E-state index in [9.17, 15) is 4.79 Å². The fourth-order valence-corrected chi connectivity index (χ4v) is 3.74. The topological polar surface area (TPSA) is 93.8 Å². The number of anilines is 1. The first-order chi connectivity index (χ1) is 16.1. The molecule has 0 atom stereocenters. The molecule has 9 nitrogen and oxygen atoms in total. The summed E-state index contributed by atoms with van der Waals surface area (Å²) < 4.78 is 16.0. The molecule has 0 spiro atoms. The van der Waals surface area contributed by atoms with Crippen LogP contribution in [0.1, 0.15) is 31.2 Å². The van der Waals surface area contributed by atoms with Crippen LogP contribution in [0.25, 0.3) is 17.5 Å². The first-order valence-corrected chi connectivity index (χ1v) is 11.0. The van der Waals surface area contributed by atoms with Crippen LogP contribution in [0.3, 0.4) is 0 Å². The molecule has 170 valence electrons. The first kappa shape index (κ1) is 21.0. The summed E-state index contributed by atoms with van der Waals surface area (Å²) in [5.41, 5.74) is 1.72. The van der Waals surface area contributed by atoms with Crippen LogP contribution < -0.4 is 14.4 Å². The molecular weight excluding hydrogens is 422 g/mol. The van der Waals surface area contributed by atoms with Crippen LogP contribution in [0, 0.1) is 0 Å². The van der Waals surface area contributed by atoms with Crippen molar-refractivity contribution >= 4 is 17.8 Å². The number of ether oxygens (including phenoxy) is 2. The number of piperazine rings is 1. The van der Waals surface area contributed by atoms with Crippen molar-refractivity contribution in [2.75, 3.05) is 37.9 Å². The lowest BCUT2D eigenvalue weighted by Gasteiger charge is -2.35. The van der Waals surface area contributed by atoms with Crippen molar-refractivity contribution in [2.45, 2.75) is 19.8 Å². The van der Waals surface area contributed by atoms with Crippen LogP contribution in [0.4, 0.5) is 5.82 Å². The van der Waals surface area contributed by atoms with Gasteiger partial charge in [-0.15, -0.1) is 0 Å². The zero-order valence-electron chi connectivity index (χ0n) is 18.6. The van der Waals surface area contributed by atoms with Gasteiger partial charge in [-0.2, -0.15) is 4.98 Å². The summed E-state index contributed by atoms with van der Waals surface area (Å²) in [6, 6.07) is 9.53. The van der Waals surface area contributed by atoms with Gasteiger partial charge in [-0.05, 0) is 35.9 Å². The normalized spacial score (nSPS) is 15.6. The number of amides is 1. The summed E-state index contributed by atoms with van der Waals surface area (Å²) in [4.78, 5) is 25.6. The summed E-state index contributed by atoms with van der Waals surface area (Å²) in [6.07, 6.45) is 5.17. The van der Waals surface area contributed by atoms with Crippen molar-refractivity contribution < 1.29 is 18.8 Å². The fraction of sp³-hybridized carbons (Fsp3) is 0.333. The Balaban J connectivity index is 1.16. The largest absolute Gasteiger partial charge is 0.454 e. The van der Waals surface area contributed by atoms with E-state index in [2.05, 4.69) is 20.0 Å². The van der Waals surface area contributed by atoms with E-state index in [1.165, 1.54) is 0 Å². The van der Waals surface area contributed by atoms with Gasteiger partial charge in [-0.3, -0.25) is 4.79 Å². The third-order valence-electron chi connectivity index (χ3n) is 5.67. The third-order valence-corrected chi connectivity index (χ3v) is 5.67. The van der Waals surface area contributed by atoms with Gasteiger partial charge in [0.2, 0.25) is 24.4 Å². The molecule has 9 heteroatoms. The number of hydrogen-bond donors (Lipinski definition) is 0. The molecule has 0 N–H and O–H groups in total. The molecule has 0 radical (unpaired) electrons. The van der Waals surface area contributed by atoms with E-state index in [0.29, 0.717) is 30.6 Å². The Morgan fingerprint density at radius 2 is 1.88 bits per heavy atom. The zero-order chi connectivity index (χ0) is 22.8. The number of aromatic nitrogens is 3. The van der Waals surface area contributed by atoms with Crippen molar-refractivity contribution in [3.63, 3.8) is 0 Å². The van der Waals surface area contributed by atoms with E-state index in [4.69, 9.17) is 14.0 Å². The highest BCUT2D eigenvalue weighted by atomic mass is 16.7. The predicted molar refractivity (Wildman–Crippen MR) is 122 cm³/mol. The van der Waals surface area contributed by atoms with Crippen molar-refractivity contribution in [1.29, 1.82) is 0 Å². The van der Waals surface area contributed by atoms with E-state index in [0.717, 1.165) is 35.8 Å². The molecule has 2 aliphatic heterocycles. The maximum absolute atomic E-state index is 12.6. The molecule has 2 aliphatic rings. The average Bonchev–Trinajstić information content (AvgIpc) is 3.52. The van der Waals surface area contributed by atoms with Crippen molar-refractivity contribution in [2.24, 2.45) is 0 Å². The Bertz CT molecular complexity index is 1160. The highest BCUT2D eigenvalue weighted by molar-refractivity contribution is 5.92. The lowest BCUT2D eigenvalue weighted by atomic mass is 10.2. The molecular formula is C24H25N5O4. The minimum Gasteiger partial charge on any atom is -0.454 e. The molecule has 4 heterocycles. The lowest BCUT2D eigenvalue weighted by molar-refractivity contribution is -0.126. The van der Waals surface area contributed by atoms with E-state index >= 15 is 0 Å². The van der Waals surface area contributed by atoms with Crippen LogP contribution >= 0.6 is 0 Å². The first-order valence-electron chi connectivity index (χ1n) is 11.0. The molecule has 5 rings (SSSR count). The number of rotatable bonds is 5. The van der Waals surface area contributed by atoms with Crippen LogP contribution in [0.5, 0.6) is 11.5 Å². The fourth-order valence-electron chi connectivity index (χ4n) is 3.74. The molecule has 0 unspecified atom stereocenters. The Morgan fingerprint density at radius 1 is 1.06 bits per heavy atom. The highest BCUT2D eigenvalue weighted by Crippen LogP contribution is 2.32. The summed E-state index contributed by atoms with van der Waals surface area (Å²) in [5, 5.41) is 4.03. The molecule has 1 amide bonds. The number of carbonyl (C=O) groups is 1. The average molecular weight is 447 g/mol. The second-order valence-electron chi connectivity index (χ2n) is 8.27. The summed E-state index contributed by atoms with van der Waals surface area (Å²) in [7, 11) is 0. The third kappa shape index (κ3) is 4.52. The van der Waals surface area contributed by atoms with E-state index < -0.39 is 0 Å². The number of hydrogen-bond acceptors (Lipinski definition) is 8. The minimum atomic E-state index is -0.00585. The second kappa shape index (κ2) is 8.93. The number of carbonyl (C=O) groups excluding carboxylic acids is 1. The van der Waals surface area contributed by atoms with Crippen LogP contribution in [0.15, 0.2) is 47.1 Å². The summed E-state index contributed by atoms with van der Waals surface area (Å²) in [5.74, 6) is 3.64. The van der Waals surface area contributed by atoms with Crippen molar-refractivity contribution in [3.8, 4) is 22.9 Å².